The van der Waals surface area contributed by atoms with Gasteiger partial charge in [0.15, 0.2) is 0 Å². The van der Waals surface area contributed by atoms with Gasteiger partial charge in [-0.1, -0.05) is 0 Å². The van der Waals surface area contributed by atoms with Crippen LogP contribution in [-0.2, 0) is 0 Å². The molecule has 15 heavy (non-hydrogen) atoms. The Balaban J connectivity index is 0.000000980. The van der Waals surface area contributed by atoms with E-state index in [0.717, 1.165) is 0 Å². The van der Waals surface area contributed by atoms with Crippen LogP contribution in [0.15, 0.2) is 60.7 Å². The summed E-state index contributed by atoms with van der Waals surface area (Å²) < 4.78 is 3.08. The van der Waals surface area contributed by atoms with E-state index in [0.29, 0.717) is 0 Å². The van der Waals surface area contributed by atoms with Crippen molar-refractivity contribution in [2.75, 3.05) is 0 Å². The van der Waals surface area contributed by atoms with Gasteiger partial charge in [-0.2, -0.15) is 0 Å². The molecule has 0 radical (unpaired) electrons. The summed E-state index contributed by atoms with van der Waals surface area (Å²) in [5.74, 6) is 0. The Labute approximate surface area is 99.8 Å². The van der Waals surface area contributed by atoms with Crippen LogP contribution in [0.5, 0.6) is 0 Å². The van der Waals surface area contributed by atoms with Crippen LogP contribution in [0.1, 0.15) is 0 Å². The minimum absolute atomic E-state index is 0. The van der Waals surface area contributed by atoms with Gasteiger partial charge in [0.1, 0.15) is 0 Å². The second-order valence-corrected chi connectivity index (χ2v) is 6.87. The molecular formula is C12H12O2Sn. The van der Waals surface area contributed by atoms with Crippen molar-refractivity contribution in [2.45, 2.75) is 0 Å². The average Bonchev–Trinajstić information content (AvgIpc) is 2.21. The fourth-order valence-electron chi connectivity index (χ4n) is 1.21. The second kappa shape index (κ2) is 7.45. The number of hydrogen-bond acceptors (Lipinski definition) is 2. The molecule has 0 saturated heterocycles. The van der Waals surface area contributed by atoms with E-state index in [1.807, 2.05) is 0 Å². The number of hydrogen-bond donors (Lipinski definition) is 0. The molecule has 0 fully saturated rings. The first kappa shape index (κ1) is 14.2. The third kappa shape index (κ3) is 4.46. The number of rotatable bonds is 2. The molecular weight excluding hydrogens is 295 g/mol. The summed E-state index contributed by atoms with van der Waals surface area (Å²) >= 11 is -0.517. The van der Waals surface area contributed by atoms with Crippen molar-refractivity contribution in [3.63, 3.8) is 0 Å². The summed E-state index contributed by atoms with van der Waals surface area (Å²) in [6.07, 6.45) is 0. The molecule has 0 aromatic heterocycles. The van der Waals surface area contributed by atoms with Gasteiger partial charge in [0, 0.05) is 0 Å². The van der Waals surface area contributed by atoms with Crippen molar-refractivity contribution in [1.29, 1.82) is 0 Å². The fraction of sp³-hybridized carbons (Fsp3) is 0. The quantitative estimate of drug-likeness (QED) is 0.777. The van der Waals surface area contributed by atoms with Gasteiger partial charge in [-0.3, -0.25) is 0 Å². The predicted octanol–water partition coefficient (Wildman–Crippen LogP) is 0.988. The Kier molecular flexibility index (Phi) is 7.03. The first-order chi connectivity index (χ1) is 6.45. The molecule has 0 heterocycles. The first-order valence-electron chi connectivity index (χ1n) is 4.32. The normalized spacial score (nSPS) is 8.00. The molecule has 0 aliphatic heterocycles. The molecule has 2 nitrogen and oxygen atoms in total. The maximum atomic E-state index is 2.24. The molecule has 2 N–H and O–H groups in total. The van der Waals surface area contributed by atoms with Gasteiger partial charge in [0.05, 0.1) is 0 Å². The van der Waals surface area contributed by atoms with Gasteiger partial charge < -0.3 is 11.0 Å². The predicted molar refractivity (Wildman–Crippen MR) is 61.8 cm³/mol. The third-order valence-electron chi connectivity index (χ3n) is 1.84. The number of benzene rings is 2. The molecule has 0 aliphatic rings. The Morgan fingerprint density at radius 3 is 1.20 bits per heavy atom. The Morgan fingerprint density at radius 2 is 0.867 bits per heavy atom. The van der Waals surface area contributed by atoms with E-state index >= 15 is 0 Å². The molecule has 0 atom stereocenters. The molecule has 0 unspecified atom stereocenters. The molecule has 0 spiro atoms. The van der Waals surface area contributed by atoms with Gasteiger partial charge in [0.2, 0.25) is 0 Å². The first-order valence-corrected chi connectivity index (χ1v) is 7.18. The van der Waals surface area contributed by atoms with Crippen LogP contribution in [0.25, 0.3) is 0 Å². The zero-order chi connectivity index (χ0) is 8.93. The summed E-state index contributed by atoms with van der Waals surface area (Å²) in [5.41, 5.74) is 0. The molecule has 76 valence electrons. The van der Waals surface area contributed by atoms with Crippen LogP contribution >= 0.6 is 0 Å². The van der Waals surface area contributed by atoms with Gasteiger partial charge in [-0.05, 0) is 0 Å². The van der Waals surface area contributed by atoms with E-state index in [2.05, 4.69) is 60.7 Å². The Morgan fingerprint density at radius 1 is 0.533 bits per heavy atom. The Bertz CT molecular complexity index is 324. The zero-order valence-electron chi connectivity index (χ0n) is 8.17. The molecule has 2 rings (SSSR count). The molecule has 3 heteroatoms. The van der Waals surface area contributed by atoms with Gasteiger partial charge >= 0.3 is 89.0 Å². The van der Waals surface area contributed by atoms with Crippen molar-refractivity contribution in [1.82, 2.24) is 0 Å². The molecule has 2 aromatic carbocycles. The molecule has 2 aromatic rings. The average molecular weight is 307 g/mol. The molecule has 0 amide bonds. The minimum atomic E-state index is -0.517. The van der Waals surface area contributed by atoms with E-state index in [1.165, 1.54) is 7.16 Å². The van der Waals surface area contributed by atoms with E-state index in [-0.39, 0.29) is 11.0 Å². The van der Waals surface area contributed by atoms with Crippen LogP contribution in [0.2, 0.25) is 0 Å². The van der Waals surface area contributed by atoms with Crippen LogP contribution in [0.4, 0.5) is 0 Å². The summed E-state index contributed by atoms with van der Waals surface area (Å²) in [7, 11) is 0. The monoisotopic (exact) mass is 308 g/mol. The van der Waals surface area contributed by atoms with Crippen molar-refractivity contribution >= 4 is 28.3 Å². The summed E-state index contributed by atoms with van der Waals surface area (Å²) in [6.45, 7) is 0. The second-order valence-electron chi connectivity index (χ2n) is 2.86. The van der Waals surface area contributed by atoms with E-state index in [4.69, 9.17) is 0 Å². The standard InChI is InChI=1S/2C6H5.2H2O.Sn/c2*1-2-4-6-5-3-1;;;/h2*1-5H;2*1H2;/q;;;;+2/p-2. The van der Waals surface area contributed by atoms with Crippen LogP contribution in [0, 0.1) is 0 Å². The maximum absolute atomic E-state index is 2.24. The third-order valence-corrected chi connectivity index (χ3v) is 5.39. The van der Waals surface area contributed by atoms with Crippen molar-refractivity contribution in [3.8, 4) is 0 Å². The van der Waals surface area contributed by atoms with Crippen LogP contribution < -0.4 is 7.16 Å². The molecule has 0 aliphatic carbocycles. The molecule has 0 bridgehead atoms. The Hall–Kier alpha value is -0.841. The van der Waals surface area contributed by atoms with Crippen LogP contribution in [0.3, 0.4) is 0 Å². The van der Waals surface area contributed by atoms with Crippen molar-refractivity contribution in [2.24, 2.45) is 0 Å². The van der Waals surface area contributed by atoms with Gasteiger partial charge in [-0.15, -0.1) is 0 Å². The molecule has 0 saturated carbocycles. The SMILES string of the molecule is [OH-].[OH-].c1cc[c]([Sn+2][c]2ccccc2)cc1. The zero-order valence-corrected chi connectivity index (χ0v) is 11.0. The summed E-state index contributed by atoms with van der Waals surface area (Å²) in [5, 5.41) is 0. The van der Waals surface area contributed by atoms with Crippen molar-refractivity contribution in [3.05, 3.63) is 60.7 Å². The summed E-state index contributed by atoms with van der Waals surface area (Å²) in [4.78, 5) is 0. The van der Waals surface area contributed by atoms with E-state index < -0.39 is 21.1 Å². The summed E-state index contributed by atoms with van der Waals surface area (Å²) in [6, 6.07) is 21.6. The van der Waals surface area contributed by atoms with Crippen molar-refractivity contribution < 1.29 is 11.0 Å². The van der Waals surface area contributed by atoms with E-state index in [1.54, 1.807) is 0 Å². The topological polar surface area (TPSA) is 60.0 Å². The van der Waals surface area contributed by atoms with Crippen LogP contribution in [-0.4, -0.2) is 32.1 Å². The van der Waals surface area contributed by atoms with Gasteiger partial charge in [0.25, 0.3) is 0 Å². The van der Waals surface area contributed by atoms with E-state index in [9.17, 15) is 0 Å². The fourth-order valence-corrected chi connectivity index (χ4v) is 4.21. The van der Waals surface area contributed by atoms with Gasteiger partial charge in [-0.25, -0.2) is 0 Å².